The Morgan fingerprint density at radius 2 is 2.44 bits per heavy atom. The Kier molecular flexibility index (Phi) is 3.92. The maximum Gasteiger partial charge on any atom is 0.254 e. The molecule has 5 nitrogen and oxygen atoms in total. The Morgan fingerprint density at radius 3 is 3.11 bits per heavy atom. The van der Waals surface area contributed by atoms with Crippen LogP contribution in [0, 0.1) is 18.3 Å². The largest absolute Gasteiger partial charge is 0.366 e. The third kappa shape index (κ3) is 2.67. The molecule has 1 aliphatic rings. The van der Waals surface area contributed by atoms with Crippen molar-refractivity contribution in [3.8, 4) is 6.07 Å². The number of carbonyl (C=O) groups excluding carboxylic acids is 1. The van der Waals surface area contributed by atoms with E-state index in [0.717, 1.165) is 12.1 Å². The van der Waals surface area contributed by atoms with Crippen molar-refractivity contribution in [3.05, 3.63) is 29.3 Å². The average molecular weight is 245 g/mol. The number of hydrogen-bond donors (Lipinski definition) is 2. The summed E-state index contributed by atoms with van der Waals surface area (Å²) in [7, 11) is 0. The van der Waals surface area contributed by atoms with Crippen molar-refractivity contribution in [2.24, 2.45) is 0 Å². The van der Waals surface area contributed by atoms with Crippen molar-refractivity contribution in [3.63, 3.8) is 0 Å². The van der Waals surface area contributed by atoms with Crippen LogP contribution in [0.3, 0.4) is 0 Å². The molecule has 18 heavy (non-hydrogen) atoms. The van der Waals surface area contributed by atoms with E-state index in [4.69, 9.17) is 10.00 Å². The minimum absolute atomic E-state index is 0.218. The summed E-state index contributed by atoms with van der Waals surface area (Å²) < 4.78 is 5.36. The van der Waals surface area contributed by atoms with Crippen LogP contribution in [0.4, 0.5) is 5.69 Å². The highest BCUT2D eigenvalue weighted by Crippen LogP contribution is 2.18. The molecule has 1 atom stereocenters. The fourth-order valence-electron chi connectivity index (χ4n) is 1.87. The van der Waals surface area contributed by atoms with Crippen molar-refractivity contribution < 1.29 is 9.53 Å². The zero-order valence-electron chi connectivity index (χ0n) is 10.2. The fourth-order valence-corrected chi connectivity index (χ4v) is 1.87. The van der Waals surface area contributed by atoms with Gasteiger partial charge in [0.25, 0.3) is 5.91 Å². The van der Waals surface area contributed by atoms with Crippen LogP contribution < -0.4 is 10.6 Å². The maximum absolute atomic E-state index is 12.0. The molecule has 1 heterocycles. The zero-order valence-corrected chi connectivity index (χ0v) is 10.2. The molecule has 0 radical (unpaired) electrons. The monoisotopic (exact) mass is 245 g/mol. The first-order valence-electron chi connectivity index (χ1n) is 5.85. The highest BCUT2D eigenvalue weighted by atomic mass is 16.5. The SMILES string of the molecule is Cc1cccc(NC(=O)C2CNCCO2)c1C#N. The summed E-state index contributed by atoms with van der Waals surface area (Å²) in [6.45, 7) is 3.63. The van der Waals surface area contributed by atoms with E-state index in [1.54, 1.807) is 6.07 Å². The van der Waals surface area contributed by atoms with Gasteiger partial charge in [0.1, 0.15) is 12.2 Å². The van der Waals surface area contributed by atoms with Gasteiger partial charge in [-0.1, -0.05) is 12.1 Å². The van der Waals surface area contributed by atoms with Crippen molar-refractivity contribution in [1.29, 1.82) is 5.26 Å². The Labute approximate surface area is 106 Å². The minimum Gasteiger partial charge on any atom is -0.366 e. The number of rotatable bonds is 2. The molecule has 0 saturated carbocycles. The number of hydrogen-bond acceptors (Lipinski definition) is 4. The van der Waals surface area contributed by atoms with E-state index >= 15 is 0 Å². The first-order chi connectivity index (χ1) is 8.72. The molecule has 0 spiro atoms. The van der Waals surface area contributed by atoms with Gasteiger partial charge >= 0.3 is 0 Å². The summed E-state index contributed by atoms with van der Waals surface area (Å²) in [5.74, 6) is -0.218. The van der Waals surface area contributed by atoms with Crippen LogP contribution in [0.1, 0.15) is 11.1 Å². The van der Waals surface area contributed by atoms with Crippen LogP contribution >= 0.6 is 0 Å². The third-order valence-corrected chi connectivity index (χ3v) is 2.86. The Hall–Kier alpha value is -1.90. The van der Waals surface area contributed by atoms with Gasteiger partial charge in [0.05, 0.1) is 17.9 Å². The second kappa shape index (κ2) is 5.63. The van der Waals surface area contributed by atoms with E-state index in [9.17, 15) is 4.79 Å². The smallest absolute Gasteiger partial charge is 0.254 e. The molecule has 1 amide bonds. The van der Waals surface area contributed by atoms with E-state index in [1.165, 1.54) is 0 Å². The average Bonchev–Trinajstić information content (AvgIpc) is 2.40. The van der Waals surface area contributed by atoms with Gasteiger partial charge in [0, 0.05) is 13.1 Å². The van der Waals surface area contributed by atoms with E-state index in [2.05, 4.69) is 16.7 Å². The molecule has 1 aromatic rings. The van der Waals surface area contributed by atoms with Crippen LogP contribution in [0.5, 0.6) is 0 Å². The molecule has 94 valence electrons. The first-order valence-corrected chi connectivity index (χ1v) is 5.85. The van der Waals surface area contributed by atoms with Gasteiger partial charge in [-0.05, 0) is 18.6 Å². The summed E-state index contributed by atoms with van der Waals surface area (Å²) >= 11 is 0. The molecular formula is C13H15N3O2. The number of nitrogens with one attached hydrogen (secondary N) is 2. The molecule has 0 aliphatic carbocycles. The quantitative estimate of drug-likeness (QED) is 0.808. The number of morpholine rings is 1. The fraction of sp³-hybridized carbons (Fsp3) is 0.385. The number of benzene rings is 1. The minimum atomic E-state index is -0.495. The molecule has 0 aromatic heterocycles. The summed E-state index contributed by atoms with van der Waals surface area (Å²) in [6.07, 6.45) is -0.495. The molecule has 5 heteroatoms. The molecular weight excluding hydrogens is 230 g/mol. The van der Waals surface area contributed by atoms with E-state index < -0.39 is 6.10 Å². The van der Waals surface area contributed by atoms with E-state index in [0.29, 0.717) is 24.4 Å². The number of anilines is 1. The highest BCUT2D eigenvalue weighted by molar-refractivity contribution is 5.95. The molecule has 2 N–H and O–H groups in total. The second-order valence-corrected chi connectivity index (χ2v) is 4.16. The predicted molar refractivity (Wildman–Crippen MR) is 67.1 cm³/mol. The van der Waals surface area contributed by atoms with Gasteiger partial charge in [0.15, 0.2) is 0 Å². The first kappa shape index (κ1) is 12.6. The van der Waals surface area contributed by atoms with Gasteiger partial charge in [-0.3, -0.25) is 4.79 Å². The molecule has 1 aromatic carbocycles. The zero-order chi connectivity index (χ0) is 13.0. The number of amides is 1. The van der Waals surface area contributed by atoms with Gasteiger partial charge in [-0.2, -0.15) is 5.26 Å². The van der Waals surface area contributed by atoms with Crippen molar-refractivity contribution in [2.45, 2.75) is 13.0 Å². The van der Waals surface area contributed by atoms with Crippen LogP contribution in [0.25, 0.3) is 0 Å². The molecule has 1 unspecified atom stereocenters. The second-order valence-electron chi connectivity index (χ2n) is 4.16. The van der Waals surface area contributed by atoms with Crippen LogP contribution in [-0.4, -0.2) is 31.7 Å². The Balaban J connectivity index is 2.12. The summed E-state index contributed by atoms with van der Waals surface area (Å²) in [5.41, 5.74) is 1.88. The number of nitrogens with zero attached hydrogens (tertiary/aromatic N) is 1. The maximum atomic E-state index is 12.0. The Bertz CT molecular complexity index is 487. The number of carbonyl (C=O) groups is 1. The highest BCUT2D eigenvalue weighted by Gasteiger charge is 2.22. The lowest BCUT2D eigenvalue weighted by atomic mass is 10.1. The lowest BCUT2D eigenvalue weighted by molar-refractivity contribution is -0.128. The number of nitriles is 1. The van der Waals surface area contributed by atoms with Crippen molar-refractivity contribution in [1.82, 2.24) is 5.32 Å². The lowest BCUT2D eigenvalue weighted by Crippen LogP contribution is -2.45. The van der Waals surface area contributed by atoms with Crippen LogP contribution in [0.15, 0.2) is 18.2 Å². The van der Waals surface area contributed by atoms with E-state index in [-0.39, 0.29) is 5.91 Å². The van der Waals surface area contributed by atoms with Crippen molar-refractivity contribution in [2.75, 3.05) is 25.0 Å². The van der Waals surface area contributed by atoms with Gasteiger partial charge in [-0.15, -0.1) is 0 Å². The van der Waals surface area contributed by atoms with Gasteiger partial charge in [-0.25, -0.2) is 0 Å². The molecule has 2 rings (SSSR count). The molecule has 0 bridgehead atoms. The van der Waals surface area contributed by atoms with Gasteiger partial charge in [0.2, 0.25) is 0 Å². The summed E-state index contributed by atoms with van der Waals surface area (Å²) in [4.78, 5) is 12.0. The predicted octanol–water partition coefficient (Wildman–Crippen LogP) is 0.794. The normalized spacial score (nSPS) is 19.0. The Morgan fingerprint density at radius 1 is 1.61 bits per heavy atom. The number of aryl methyl sites for hydroxylation is 1. The molecule has 1 aliphatic heterocycles. The standard InChI is InChI=1S/C13H15N3O2/c1-9-3-2-4-11(10(9)7-14)16-13(17)12-8-15-5-6-18-12/h2-4,12,15H,5-6,8H2,1H3,(H,16,17). The third-order valence-electron chi connectivity index (χ3n) is 2.86. The summed E-state index contributed by atoms with van der Waals surface area (Å²) in [5, 5.41) is 14.9. The molecule has 1 fully saturated rings. The topological polar surface area (TPSA) is 74.2 Å². The lowest BCUT2D eigenvalue weighted by Gasteiger charge is -2.23. The van der Waals surface area contributed by atoms with E-state index in [1.807, 2.05) is 19.1 Å². The summed E-state index contributed by atoms with van der Waals surface area (Å²) in [6, 6.07) is 7.47. The molecule has 1 saturated heterocycles. The van der Waals surface area contributed by atoms with Crippen LogP contribution in [-0.2, 0) is 9.53 Å². The van der Waals surface area contributed by atoms with Crippen molar-refractivity contribution >= 4 is 11.6 Å². The van der Waals surface area contributed by atoms with Gasteiger partial charge < -0.3 is 15.4 Å². The number of ether oxygens (including phenoxy) is 1. The van der Waals surface area contributed by atoms with Crippen LogP contribution in [0.2, 0.25) is 0 Å².